The van der Waals surface area contributed by atoms with Crippen LogP contribution in [0.5, 0.6) is 0 Å². The van der Waals surface area contributed by atoms with Gasteiger partial charge in [0.1, 0.15) is 5.69 Å². The van der Waals surface area contributed by atoms with Gasteiger partial charge in [0.2, 0.25) is 0 Å². The molecule has 18 heavy (non-hydrogen) atoms. The van der Waals surface area contributed by atoms with Gasteiger partial charge in [-0.3, -0.25) is 4.98 Å². The van der Waals surface area contributed by atoms with Crippen molar-refractivity contribution in [3.8, 4) is 22.8 Å². The molecule has 0 fully saturated rings. The van der Waals surface area contributed by atoms with Gasteiger partial charge in [-0.05, 0) is 30.2 Å². The molecule has 0 unspecified atom stereocenters. The van der Waals surface area contributed by atoms with Crippen molar-refractivity contribution in [2.24, 2.45) is 0 Å². The largest absolute Gasteiger partial charge is 0.337 e. The van der Waals surface area contributed by atoms with Crippen LogP contribution >= 0.6 is 0 Å². The Hall–Kier alpha value is -2.42. The summed E-state index contributed by atoms with van der Waals surface area (Å²) >= 11 is 0. The van der Waals surface area contributed by atoms with Crippen molar-refractivity contribution in [3.05, 3.63) is 60.4 Å². The van der Waals surface area contributed by atoms with E-state index in [9.17, 15) is 0 Å². The molecule has 0 saturated carbocycles. The molecule has 0 saturated heterocycles. The summed E-state index contributed by atoms with van der Waals surface area (Å²) in [5.41, 5.74) is 4.19. The van der Waals surface area contributed by atoms with Gasteiger partial charge in [0.25, 0.3) is 0 Å². The maximum absolute atomic E-state index is 4.39. The summed E-state index contributed by atoms with van der Waals surface area (Å²) in [5, 5.41) is 0. The molecule has 88 valence electrons. The molecule has 3 heteroatoms. The number of aromatic nitrogens is 3. The Morgan fingerprint density at radius 3 is 2.61 bits per heavy atom. The Labute approximate surface area is 106 Å². The van der Waals surface area contributed by atoms with E-state index in [2.05, 4.69) is 27.1 Å². The molecule has 1 N–H and O–H groups in total. The van der Waals surface area contributed by atoms with E-state index in [0.29, 0.717) is 0 Å². The van der Waals surface area contributed by atoms with Crippen molar-refractivity contribution >= 4 is 0 Å². The molecule has 1 aromatic carbocycles. The van der Waals surface area contributed by atoms with Crippen molar-refractivity contribution in [3.63, 3.8) is 0 Å². The van der Waals surface area contributed by atoms with Gasteiger partial charge in [-0.1, -0.05) is 30.3 Å². The third-order valence-corrected chi connectivity index (χ3v) is 2.82. The number of imidazole rings is 1. The molecule has 0 bridgehead atoms. The predicted octanol–water partition coefficient (Wildman–Crippen LogP) is 3.45. The van der Waals surface area contributed by atoms with Crippen LogP contribution in [-0.2, 0) is 0 Å². The Bertz CT molecular complexity index is 656. The average Bonchev–Trinajstić information content (AvgIpc) is 2.89. The Balaban J connectivity index is 2.00. The smallest absolute Gasteiger partial charge is 0.156 e. The lowest BCUT2D eigenvalue weighted by atomic mass is 10.2. The highest BCUT2D eigenvalue weighted by Crippen LogP contribution is 2.20. The van der Waals surface area contributed by atoms with Crippen LogP contribution in [0.3, 0.4) is 0 Å². The Kier molecular flexibility index (Phi) is 2.65. The molecule has 0 atom stereocenters. The summed E-state index contributed by atoms with van der Waals surface area (Å²) in [5.74, 6) is 0.803. The number of pyridine rings is 1. The number of aromatic amines is 1. The fourth-order valence-corrected chi connectivity index (χ4v) is 1.88. The number of hydrogen-bond donors (Lipinski definition) is 1. The standard InChI is InChI=1S/C15H13N3/c1-11-7-8-16-13(9-11)15-17-10-14(18-15)12-5-3-2-4-6-12/h2-10H,1H3,(H,17,18). The van der Waals surface area contributed by atoms with Gasteiger partial charge in [-0.25, -0.2) is 4.98 Å². The second-order valence-electron chi connectivity index (χ2n) is 4.23. The van der Waals surface area contributed by atoms with Gasteiger partial charge in [0, 0.05) is 6.20 Å². The van der Waals surface area contributed by atoms with Crippen LogP contribution in [-0.4, -0.2) is 15.0 Å². The molecule has 0 aliphatic heterocycles. The molecule has 2 heterocycles. The van der Waals surface area contributed by atoms with E-state index in [1.165, 1.54) is 5.56 Å². The monoisotopic (exact) mass is 235 g/mol. The van der Waals surface area contributed by atoms with Gasteiger partial charge < -0.3 is 4.98 Å². The molecular formula is C15H13N3. The van der Waals surface area contributed by atoms with E-state index in [1.807, 2.05) is 43.5 Å². The van der Waals surface area contributed by atoms with E-state index in [1.54, 1.807) is 6.20 Å². The number of aryl methyl sites for hydroxylation is 1. The van der Waals surface area contributed by atoms with Crippen LogP contribution in [0, 0.1) is 6.92 Å². The first-order valence-corrected chi connectivity index (χ1v) is 5.86. The van der Waals surface area contributed by atoms with E-state index in [-0.39, 0.29) is 0 Å². The van der Waals surface area contributed by atoms with Gasteiger partial charge in [-0.15, -0.1) is 0 Å². The molecule has 0 radical (unpaired) electrons. The van der Waals surface area contributed by atoms with E-state index in [0.717, 1.165) is 22.8 Å². The van der Waals surface area contributed by atoms with Crippen LogP contribution in [0.2, 0.25) is 0 Å². The Morgan fingerprint density at radius 1 is 1.00 bits per heavy atom. The quantitative estimate of drug-likeness (QED) is 0.739. The summed E-state index contributed by atoms with van der Waals surface area (Å²) in [6, 6.07) is 14.1. The third-order valence-electron chi connectivity index (χ3n) is 2.82. The third kappa shape index (κ3) is 2.02. The predicted molar refractivity (Wildman–Crippen MR) is 72.0 cm³/mol. The highest BCUT2D eigenvalue weighted by molar-refractivity contribution is 5.62. The zero-order valence-electron chi connectivity index (χ0n) is 10.1. The van der Waals surface area contributed by atoms with Crippen LogP contribution in [0.1, 0.15) is 5.56 Å². The molecule has 3 nitrogen and oxygen atoms in total. The number of rotatable bonds is 2. The van der Waals surface area contributed by atoms with Crippen molar-refractivity contribution < 1.29 is 0 Å². The minimum absolute atomic E-state index is 0.803. The first-order chi connectivity index (χ1) is 8.83. The van der Waals surface area contributed by atoms with Crippen molar-refractivity contribution in [2.45, 2.75) is 6.92 Å². The van der Waals surface area contributed by atoms with Crippen LogP contribution in [0.25, 0.3) is 22.8 Å². The van der Waals surface area contributed by atoms with Gasteiger partial charge in [0.15, 0.2) is 5.82 Å². The number of nitrogens with one attached hydrogen (secondary N) is 1. The minimum Gasteiger partial charge on any atom is -0.337 e. The molecular weight excluding hydrogens is 222 g/mol. The van der Waals surface area contributed by atoms with Crippen LogP contribution in [0.4, 0.5) is 0 Å². The van der Waals surface area contributed by atoms with Gasteiger partial charge in [0.05, 0.1) is 11.9 Å². The fourth-order valence-electron chi connectivity index (χ4n) is 1.88. The van der Waals surface area contributed by atoms with Crippen molar-refractivity contribution in [1.82, 2.24) is 15.0 Å². The maximum Gasteiger partial charge on any atom is 0.156 e. The summed E-state index contributed by atoms with van der Waals surface area (Å²) < 4.78 is 0. The highest BCUT2D eigenvalue weighted by atomic mass is 14.9. The minimum atomic E-state index is 0.803. The zero-order chi connectivity index (χ0) is 12.4. The Morgan fingerprint density at radius 2 is 1.83 bits per heavy atom. The summed E-state index contributed by atoms with van der Waals surface area (Å²) in [4.78, 5) is 12.0. The molecule has 0 aliphatic carbocycles. The molecule has 3 rings (SSSR count). The lowest BCUT2D eigenvalue weighted by Crippen LogP contribution is -1.86. The fraction of sp³-hybridized carbons (Fsp3) is 0.0667. The number of nitrogens with zero attached hydrogens (tertiary/aromatic N) is 2. The maximum atomic E-state index is 4.39. The van der Waals surface area contributed by atoms with Crippen molar-refractivity contribution in [2.75, 3.05) is 0 Å². The molecule has 0 amide bonds. The zero-order valence-corrected chi connectivity index (χ0v) is 10.1. The first kappa shape index (κ1) is 10.7. The normalized spacial score (nSPS) is 10.5. The number of H-pyrrole nitrogens is 1. The number of benzene rings is 1. The topological polar surface area (TPSA) is 41.6 Å². The van der Waals surface area contributed by atoms with Crippen LogP contribution < -0.4 is 0 Å². The van der Waals surface area contributed by atoms with E-state index < -0.39 is 0 Å². The highest BCUT2D eigenvalue weighted by Gasteiger charge is 2.06. The van der Waals surface area contributed by atoms with E-state index >= 15 is 0 Å². The van der Waals surface area contributed by atoms with Gasteiger partial charge >= 0.3 is 0 Å². The number of hydrogen-bond acceptors (Lipinski definition) is 2. The lowest BCUT2D eigenvalue weighted by molar-refractivity contribution is 1.21. The summed E-state index contributed by atoms with van der Waals surface area (Å²) in [6.07, 6.45) is 3.64. The van der Waals surface area contributed by atoms with E-state index in [4.69, 9.17) is 0 Å². The second kappa shape index (κ2) is 4.45. The molecule has 0 aliphatic rings. The SMILES string of the molecule is Cc1ccnc(-c2ncc(-c3ccccc3)[nH]2)c1. The van der Waals surface area contributed by atoms with Gasteiger partial charge in [-0.2, -0.15) is 0 Å². The van der Waals surface area contributed by atoms with Crippen molar-refractivity contribution in [1.29, 1.82) is 0 Å². The molecule has 3 aromatic rings. The first-order valence-electron chi connectivity index (χ1n) is 5.86. The van der Waals surface area contributed by atoms with Crippen LogP contribution in [0.15, 0.2) is 54.9 Å². The summed E-state index contributed by atoms with van der Waals surface area (Å²) in [7, 11) is 0. The molecule has 0 spiro atoms. The molecule has 2 aromatic heterocycles. The second-order valence-corrected chi connectivity index (χ2v) is 4.23. The lowest BCUT2D eigenvalue weighted by Gasteiger charge is -1.98. The summed E-state index contributed by atoms with van der Waals surface area (Å²) in [6.45, 7) is 2.05. The average molecular weight is 235 g/mol.